The van der Waals surface area contributed by atoms with Crippen molar-refractivity contribution in [2.24, 2.45) is 49.3 Å². The maximum atomic E-state index is 12.2. The number of hydrogen-bond donors (Lipinski definition) is 0. The van der Waals surface area contributed by atoms with Gasteiger partial charge in [-0.25, -0.2) is 24.9 Å². The van der Waals surface area contributed by atoms with Crippen LogP contribution in [-0.2, 0) is 74.0 Å². The van der Waals surface area contributed by atoms with Gasteiger partial charge in [0, 0.05) is 119 Å². The molecule has 24 heteroatoms. The monoisotopic (exact) mass is 1140 g/mol. The van der Waals surface area contributed by atoms with Gasteiger partial charge < -0.3 is 32.0 Å². The molecule has 0 spiro atoms. The standard InChI is InChI=1S/C12H21N.C10H18N2.C8H10F3N.C7H12N2.C6H4F6N2.C6H7F3N2.C6H10N2/c1-8(2)11-7-12(9(3)4)13(6)10(11)5;1-7(2)9-6-11-10(8(3)4)12(9)5;1-5-4-7(8(9,10)11)6(2)12(5)3;1-5-6(2)9(4)7(3)8-5;1-14-3(5(7,8)9)2-13-4(14)6(10,11)12;1-4-3-10-5(11(4)2)6(7,8)9;1-5-4-7-6(2)8(5)3/h7-9H,1-6H3;6-8H,1-5H3;4H,1-3H3;1-4H3;2H,1H3;3H,1-2H3;4H,1-3H3. The normalized spacial score (nSPS) is 11.7. The summed E-state index contributed by atoms with van der Waals surface area (Å²) in [6, 6.07) is 3.51. The first kappa shape index (κ1) is 70.8. The van der Waals surface area contributed by atoms with Crippen LogP contribution in [-0.4, -0.2) is 56.9 Å². The lowest BCUT2D eigenvalue weighted by atomic mass is 10.0. The molecule has 0 aliphatic heterocycles. The van der Waals surface area contributed by atoms with E-state index in [1.54, 1.807) is 20.9 Å². The molecule has 7 heterocycles. The summed E-state index contributed by atoms with van der Waals surface area (Å²) < 4.78 is 156. The van der Waals surface area contributed by atoms with Gasteiger partial charge in [0.15, 0.2) is 0 Å². The van der Waals surface area contributed by atoms with Crippen LogP contribution >= 0.6 is 0 Å². The minimum absolute atomic E-state index is 0.0278. The SMILES string of the molecule is CC(C)c1cnc(C(C)C)n1C.Cc1c(C(C)C)cc(C(C)C)n1C.Cc1cc(C(F)(F)F)c(C)n1C.Cc1cnc(C(F)(F)F)n1C.Cc1cnc(C)n1C.Cc1nc(C)n(C)c1C.Cn1c(C(F)(F)F)cnc1C(F)(F)F. The first-order valence-electron chi connectivity index (χ1n) is 25.2. The highest BCUT2D eigenvalue weighted by Crippen LogP contribution is 2.35. The number of hydrogen-bond acceptors (Lipinski definition) is 5. The predicted molar refractivity (Wildman–Crippen MR) is 286 cm³/mol. The van der Waals surface area contributed by atoms with E-state index in [-0.39, 0.29) is 16.5 Å². The quantitative estimate of drug-likeness (QED) is 0.164. The summed E-state index contributed by atoms with van der Waals surface area (Å²) in [5.41, 5.74) is 8.69. The van der Waals surface area contributed by atoms with Crippen LogP contribution in [0, 0.1) is 62.3 Å². The molecule has 0 bridgehead atoms. The Morgan fingerprint density at radius 3 is 1.03 bits per heavy atom. The van der Waals surface area contributed by atoms with E-state index >= 15 is 0 Å². The van der Waals surface area contributed by atoms with Gasteiger partial charge in [0.1, 0.15) is 23.2 Å². The fourth-order valence-corrected chi connectivity index (χ4v) is 7.73. The topological polar surface area (TPSA) is 99.0 Å². The average Bonchev–Trinajstić information content (AvgIpc) is 4.19. The zero-order chi connectivity index (χ0) is 61.9. The highest BCUT2D eigenvalue weighted by atomic mass is 19.4. The second-order valence-electron chi connectivity index (χ2n) is 20.4. The van der Waals surface area contributed by atoms with Crippen LogP contribution in [0.25, 0.3) is 0 Å². The van der Waals surface area contributed by atoms with E-state index in [0.29, 0.717) is 42.1 Å². The van der Waals surface area contributed by atoms with Crippen molar-refractivity contribution in [2.45, 2.75) is 166 Å². The maximum absolute atomic E-state index is 12.2. The van der Waals surface area contributed by atoms with Gasteiger partial charge in [0.2, 0.25) is 11.6 Å². The van der Waals surface area contributed by atoms with Crippen molar-refractivity contribution in [1.82, 2.24) is 56.9 Å². The van der Waals surface area contributed by atoms with Gasteiger partial charge >= 0.3 is 24.7 Å². The van der Waals surface area contributed by atoms with Crippen molar-refractivity contribution in [3.8, 4) is 0 Å². The molecule has 0 radical (unpaired) electrons. The Balaban J connectivity index is 0.000000464. The molecule has 0 saturated carbocycles. The maximum Gasteiger partial charge on any atom is 0.449 e. The third kappa shape index (κ3) is 19.5. The fraction of sp³-hybridized carbons (Fsp3) is 0.582. The minimum Gasteiger partial charge on any atom is -0.352 e. The predicted octanol–water partition coefficient (Wildman–Crippen LogP) is 15.5. The second kappa shape index (κ2) is 28.3. The molecule has 12 nitrogen and oxygen atoms in total. The molecule has 0 atom stereocenters. The summed E-state index contributed by atoms with van der Waals surface area (Å²) in [5.74, 6) is 3.26. The van der Waals surface area contributed by atoms with Gasteiger partial charge in [-0.1, -0.05) is 55.4 Å². The summed E-state index contributed by atoms with van der Waals surface area (Å²) in [7, 11) is 11.9. The summed E-state index contributed by atoms with van der Waals surface area (Å²) in [5, 5.41) is 0. The highest BCUT2D eigenvalue weighted by molar-refractivity contribution is 5.31. The molecule has 0 N–H and O–H groups in total. The fourth-order valence-electron chi connectivity index (χ4n) is 7.73. The minimum atomic E-state index is -4.88. The molecule has 0 amide bonds. The number of aromatic nitrogens is 12. The Bertz CT molecular complexity index is 2860. The Morgan fingerprint density at radius 2 is 0.835 bits per heavy atom. The molecule has 79 heavy (non-hydrogen) atoms. The van der Waals surface area contributed by atoms with Gasteiger partial charge in [0.05, 0.1) is 17.5 Å². The van der Waals surface area contributed by atoms with E-state index in [4.69, 9.17) is 0 Å². The number of nitrogens with zero attached hydrogens (tertiary/aromatic N) is 12. The number of aryl methyl sites for hydroxylation is 6. The Labute approximate surface area is 458 Å². The lowest BCUT2D eigenvalue weighted by Gasteiger charge is -2.10. The van der Waals surface area contributed by atoms with E-state index in [9.17, 15) is 52.7 Å². The molecule has 0 aromatic carbocycles. The third-order valence-corrected chi connectivity index (χ3v) is 13.4. The van der Waals surface area contributed by atoms with E-state index in [0.717, 1.165) is 28.0 Å². The van der Waals surface area contributed by atoms with Crippen molar-refractivity contribution in [3.63, 3.8) is 0 Å². The van der Waals surface area contributed by atoms with Crippen molar-refractivity contribution in [3.05, 3.63) is 134 Å². The largest absolute Gasteiger partial charge is 0.449 e. The molecular weight excluding hydrogens is 1060 g/mol. The number of imidazole rings is 5. The molecule has 7 aromatic rings. The second-order valence-corrected chi connectivity index (χ2v) is 20.4. The van der Waals surface area contributed by atoms with Crippen LogP contribution in [0.1, 0.15) is 176 Å². The Morgan fingerprint density at radius 1 is 0.367 bits per heavy atom. The molecule has 0 aliphatic carbocycles. The number of halogens is 12. The van der Waals surface area contributed by atoms with Crippen LogP contribution < -0.4 is 0 Å². The van der Waals surface area contributed by atoms with Crippen molar-refractivity contribution in [1.29, 1.82) is 0 Å². The van der Waals surface area contributed by atoms with E-state index < -0.39 is 47.6 Å². The average molecular weight is 1140 g/mol. The van der Waals surface area contributed by atoms with Crippen molar-refractivity contribution < 1.29 is 52.7 Å². The summed E-state index contributed by atoms with van der Waals surface area (Å²) in [6.45, 7) is 34.8. The highest BCUT2D eigenvalue weighted by Gasteiger charge is 2.42. The van der Waals surface area contributed by atoms with Gasteiger partial charge in [-0.15, -0.1) is 0 Å². The van der Waals surface area contributed by atoms with Crippen LogP contribution in [0.2, 0.25) is 0 Å². The molecule has 7 aromatic heterocycles. The van der Waals surface area contributed by atoms with Crippen LogP contribution in [0.5, 0.6) is 0 Å². The molecule has 0 saturated heterocycles. The zero-order valence-electron chi connectivity index (χ0n) is 50.2. The Kier molecular flexibility index (Phi) is 25.3. The van der Waals surface area contributed by atoms with Crippen LogP contribution in [0.3, 0.4) is 0 Å². The van der Waals surface area contributed by atoms with Crippen molar-refractivity contribution in [2.75, 3.05) is 0 Å². The molecular formula is C55H82F12N12. The zero-order valence-corrected chi connectivity index (χ0v) is 50.2. The first-order chi connectivity index (χ1) is 35.7. The molecule has 0 fully saturated rings. The summed E-state index contributed by atoms with van der Waals surface area (Å²) >= 11 is 0. The van der Waals surface area contributed by atoms with Gasteiger partial charge in [-0.3, -0.25) is 0 Å². The van der Waals surface area contributed by atoms with E-state index in [1.807, 2.05) is 54.2 Å². The van der Waals surface area contributed by atoms with Gasteiger partial charge in [-0.2, -0.15) is 52.7 Å². The van der Waals surface area contributed by atoms with E-state index in [2.05, 4.69) is 133 Å². The summed E-state index contributed by atoms with van der Waals surface area (Å²) in [4.78, 5) is 18.6. The number of rotatable bonds is 4. The lowest BCUT2D eigenvalue weighted by Crippen LogP contribution is -2.17. The number of alkyl halides is 12. The molecule has 7 rings (SSSR count). The summed E-state index contributed by atoms with van der Waals surface area (Å²) in [6.07, 6.45) is -13.1. The molecule has 446 valence electrons. The lowest BCUT2D eigenvalue weighted by molar-refractivity contribution is -0.153. The smallest absolute Gasteiger partial charge is 0.352 e. The van der Waals surface area contributed by atoms with Crippen LogP contribution in [0.4, 0.5) is 52.7 Å². The molecule has 0 aliphatic rings. The van der Waals surface area contributed by atoms with E-state index in [1.165, 1.54) is 64.6 Å². The molecule has 0 unspecified atom stereocenters. The van der Waals surface area contributed by atoms with Crippen molar-refractivity contribution >= 4 is 0 Å². The first-order valence-corrected chi connectivity index (χ1v) is 25.2. The van der Waals surface area contributed by atoms with Gasteiger partial charge in [-0.05, 0) is 97.8 Å². The third-order valence-electron chi connectivity index (χ3n) is 13.4. The Hall–Kier alpha value is -6.23. The van der Waals surface area contributed by atoms with Crippen LogP contribution in [0.15, 0.2) is 36.9 Å². The van der Waals surface area contributed by atoms with Gasteiger partial charge in [0.25, 0.3) is 0 Å².